The maximum absolute atomic E-state index is 11.2. The molecule has 0 atom stereocenters. The quantitative estimate of drug-likeness (QED) is 0.566. The lowest BCUT2D eigenvalue weighted by molar-refractivity contribution is 0.798. The molecule has 0 saturated heterocycles. The monoisotopic (exact) mass is 178 g/mol. The molecule has 0 saturated carbocycles. The van der Waals surface area contributed by atoms with E-state index in [9.17, 15) is 9.59 Å². The number of fused-ring (bicyclic) bond motifs is 1. The number of hydrogen-bond acceptors (Lipinski definition) is 4. The van der Waals surface area contributed by atoms with E-state index in [4.69, 9.17) is 0 Å². The Morgan fingerprint density at radius 2 is 2.23 bits per heavy atom. The smallest absolute Gasteiger partial charge is 0.275 e. The summed E-state index contributed by atoms with van der Waals surface area (Å²) < 4.78 is 1.05. The fraction of sp³-hybridized carbons (Fsp3) is 0.143. The molecule has 0 spiro atoms. The first-order valence-electron chi connectivity index (χ1n) is 3.63. The molecule has 1 N–H and O–H groups in total. The van der Waals surface area contributed by atoms with Gasteiger partial charge in [0, 0.05) is 12.3 Å². The van der Waals surface area contributed by atoms with Crippen LogP contribution in [0, 0.1) is 6.92 Å². The molecule has 2 heterocycles. The summed E-state index contributed by atoms with van der Waals surface area (Å²) in [7, 11) is 0. The summed E-state index contributed by atoms with van der Waals surface area (Å²) in [6, 6.07) is 1.28. The van der Waals surface area contributed by atoms with Crippen molar-refractivity contribution in [3.63, 3.8) is 0 Å². The van der Waals surface area contributed by atoms with Crippen molar-refractivity contribution in [3.8, 4) is 0 Å². The van der Waals surface area contributed by atoms with Crippen molar-refractivity contribution in [1.29, 1.82) is 0 Å². The molecule has 0 aliphatic carbocycles. The summed E-state index contributed by atoms with van der Waals surface area (Å²) >= 11 is 0. The minimum Gasteiger partial charge on any atom is -0.289 e. The highest BCUT2D eigenvalue weighted by molar-refractivity contribution is 5.23. The van der Waals surface area contributed by atoms with Crippen molar-refractivity contribution in [2.75, 3.05) is 0 Å². The highest BCUT2D eigenvalue weighted by Crippen LogP contribution is 1.83. The summed E-state index contributed by atoms with van der Waals surface area (Å²) in [5.74, 6) is 0.156. The van der Waals surface area contributed by atoms with Crippen molar-refractivity contribution < 1.29 is 0 Å². The first kappa shape index (κ1) is 7.66. The van der Waals surface area contributed by atoms with Gasteiger partial charge in [0.05, 0.1) is 0 Å². The number of aromatic nitrogens is 4. The average Bonchev–Trinajstić information content (AvgIpc) is 2.09. The first-order valence-corrected chi connectivity index (χ1v) is 3.63. The van der Waals surface area contributed by atoms with Crippen LogP contribution < -0.4 is 11.1 Å². The van der Waals surface area contributed by atoms with E-state index in [1.54, 1.807) is 0 Å². The van der Waals surface area contributed by atoms with Crippen LogP contribution in [-0.4, -0.2) is 19.6 Å². The van der Waals surface area contributed by atoms with Gasteiger partial charge < -0.3 is 0 Å². The Morgan fingerprint density at radius 3 is 3.00 bits per heavy atom. The van der Waals surface area contributed by atoms with E-state index in [1.807, 2.05) is 0 Å². The van der Waals surface area contributed by atoms with E-state index >= 15 is 0 Å². The van der Waals surface area contributed by atoms with Crippen molar-refractivity contribution >= 4 is 5.78 Å². The Labute approximate surface area is 71.9 Å². The van der Waals surface area contributed by atoms with Crippen molar-refractivity contribution in [2.24, 2.45) is 0 Å². The number of aryl methyl sites for hydroxylation is 1. The highest BCUT2D eigenvalue weighted by Gasteiger charge is 2.00. The molecule has 0 fully saturated rings. The van der Waals surface area contributed by atoms with Gasteiger partial charge in [0.15, 0.2) is 0 Å². The molecule has 66 valence electrons. The second-order valence-electron chi connectivity index (χ2n) is 2.56. The lowest BCUT2D eigenvalue weighted by Gasteiger charge is -1.97. The molecule has 13 heavy (non-hydrogen) atoms. The van der Waals surface area contributed by atoms with Gasteiger partial charge in [-0.3, -0.25) is 14.6 Å². The highest BCUT2D eigenvalue weighted by atomic mass is 16.1. The van der Waals surface area contributed by atoms with Crippen molar-refractivity contribution in [1.82, 2.24) is 19.6 Å². The molecular formula is C7H6N4O2. The number of nitrogens with zero attached hydrogens (tertiary/aromatic N) is 3. The zero-order chi connectivity index (χ0) is 9.42. The summed E-state index contributed by atoms with van der Waals surface area (Å²) in [5, 5.41) is 3.77. The summed E-state index contributed by atoms with van der Waals surface area (Å²) in [6.07, 6.45) is 1.32. The van der Waals surface area contributed by atoms with Gasteiger partial charge >= 0.3 is 0 Å². The number of H-pyrrole nitrogens is 1. The molecule has 0 amide bonds. The normalized spacial score (nSPS) is 10.5. The van der Waals surface area contributed by atoms with E-state index < -0.39 is 0 Å². The van der Waals surface area contributed by atoms with Gasteiger partial charge in [0.25, 0.3) is 11.1 Å². The van der Waals surface area contributed by atoms with Crippen molar-refractivity contribution in [3.05, 3.63) is 38.7 Å². The lowest BCUT2D eigenvalue weighted by atomic mass is 10.5. The number of nitrogens with one attached hydrogen (secondary N) is 1. The topological polar surface area (TPSA) is 80.1 Å². The van der Waals surface area contributed by atoms with Crippen LogP contribution in [0.2, 0.25) is 0 Å². The van der Waals surface area contributed by atoms with Crippen LogP contribution in [0.4, 0.5) is 0 Å². The summed E-state index contributed by atoms with van der Waals surface area (Å²) in [4.78, 5) is 28.5. The molecule has 0 unspecified atom stereocenters. The third kappa shape index (κ3) is 1.12. The van der Waals surface area contributed by atoms with Crippen LogP contribution in [0.5, 0.6) is 0 Å². The predicted molar refractivity (Wildman–Crippen MR) is 44.6 cm³/mol. The predicted octanol–water partition coefficient (Wildman–Crippen LogP) is -0.914. The average molecular weight is 178 g/mol. The molecule has 0 aliphatic rings. The van der Waals surface area contributed by atoms with E-state index in [0.29, 0.717) is 0 Å². The molecule has 0 aromatic carbocycles. The molecular weight excluding hydrogens is 172 g/mol. The minimum atomic E-state index is -0.335. The molecule has 2 aromatic rings. The SMILES string of the molecule is Cc1nn2c(=O)ccnc2[nH]c1=O. The Kier molecular flexibility index (Phi) is 1.48. The Morgan fingerprint density at radius 1 is 1.46 bits per heavy atom. The zero-order valence-electron chi connectivity index (χ0n) is 6.81. The third-order valence-corrected chi connectivity index (χ3v) is 1.63. The summed E-state index contributed by atoms with van der Waals surface area (Å²) in [6.45, 7) is 1.53. The molecule has 0 bridgehead atoms. The summed E-state index contributed by atoms with van der Waals surface area (Å²) in [5.41, 5.74) is -0.412. The van der Waals surface area contributed by atoms with Crippen LogP contribution in [-0.2, 0) is 0 Å². The second-order valence-corrected chi connectivity index (χ2v) is 2.56. The third-order valence-electron chi connectivity index (χ3n) is 1.63. The number of hydrogen-bond donors (Lipinski definition) is 1. The molecule has 2 rings (SSSR count). The van der Waals surface area contributed by atoms with Gasteiger partial charge in [-0.1, -0.05) is 0 Å². The van der Waals surface area contributed by atoms with Crippen LogP contribution >= 0.6 is 0 Å². The lowest BCUT2D eigenvalue weighted by Crippen LogP contribution is -2.24. The number of rotatable bonds is 0. The van der Waals surface area contributed by atoms with Gasteiger partial charge in [-0.25, -0.2) is 4.98 Å². The fourth-order valence-electron chi connectivity index (χ4n) is 0.971. The van der Waals surface area contributed by atoms with E-state index in [0.717, 1.165) is 4.52 Å². The largest absolute Gasteiger partial charge is 0.289 e. The van der Waals surface area contributed by atoms with Crippen LogP contribution in [0.1, 0.15) is 5.69 Å². The van der Waals surface area contributed by atoms with Gasteiger partial charge in [-0.2, -0.15) is 9.61 Å². The zero-order valence-corrected chi connectivity index (χ0v) is 6.81. The van der Waals surface area contributed by atoms with E-state index in [1.165, 1.54) is 19.2 Å². The standard InChI is InChI=1S/C7H6N4O2/c1-4-6(13)9-7-8-3-2-5(12)11(7)10-4/h2-3H,1H3,(H,8,9,13). The van der Waals surface area contributed by atoms with Gasteiger partial charge in [0.1, 0.15) is 5.69 Å². The second kappa shape index (κ2) is 2.51. The van der Waals surface area contributed by atoms with Crippen molar-refractivity contribution in [2.45, 2.75) is 6.92 Å². The van der Waals surface area contributed by atoms with Crippen LogP contribution in [0.15, 0.2) is 21.9 Å². The molecule has 0 aliphatic heterocycles. The van der Waals surface area contributed by atoms with Gasteiger partial charge in [0.2, 0.25) is 5.78 Å². The molecule has 6 nitrogen and oxygen atoms in total. The molecule has 0 radical (unpaired) electrons. The first-order chi connectivity index (χ1) is 6.18. The van der Waals surface area contributed by atoms with Crippen LogP contribution in [0.3, 0.4) is 0 Å². The maximum Gasteiger partial charge on any atom is 0.275 e. The van der Waals surface area contributed by atoms with E-state index in [2.05, 4.69) is 15.1 Å². The Bertz CT molecular complexity index is 568. The Balaban J connectivity index is 3.06. The minimum absolute atomic E-state index is 0.156. The van der Waals surface area contributed by atoms with Gasteiger partial charge in [-0.05, 0) is 6.92 Å². The Hall–Kier alpha value is -1.98. The molecule has 2 aromatic heterocycles. The fourth-order valence-corrected chi connectivity index (χ4v) is 0.971. The van der Waals surface area contributed by atoms with Crippen LogP contribution in [0.25, 0.3) is 5.78 Å². The molecule has 6 heteroatoms. The van der Waals surface area contributed by atoms with E-state index in [-0.39, 0.29) is 22.6 Å². The maximum atomic E-state index is 11.2. The van der Waals surface area contributed by atoms with Gasteiger partial charge in [-0.15, -0.1) is 0 Å². The number of aromatic amines is 1.